The third-order valence-corrected chi connectivity index (χ3v) is 3.37. The van der Waals surface area contributed by atoms with Gasteiger partial charge in [-0.1, -0.05) is 0 Å². The molecular formula is C12H22O14. The number of rotatable bonds is 6. The van der Waals surface area contributed by atoms with Gasteiger partial charge >= 0.3 is 11.9 Å². The van der Waals surface area contributed by atoms with Gasteiger partial charge in [-0.25, -0.2) is 9.59 Å². The third-order valence-electron chi connectivity index (χ3n) is 3.37. The summed E-state index contributed by atoms with van der Waals surface area (Å²) in [6.45, 7) is -0.526. The van der Waals surface area contributed by atoms with Crippen molar-refractivity contribution in [2.45, 2.75) is 55.1 Å². The summed E-state index contributed by atoms with van der Waals surface area (Å²) < 4.78 is 4.58. The highest BCUT2D eigenvalue weighted by Crippen LogP contribution is 2.19. The average Bonchev–Trinajstić information content (AvgIpc) is 2.60. The van der Waals surface area contributed by atoms with Gasteiger partial charge in [-0.05, 0) is 0 Å². The number of carboxylic acids is 2. The van der Waals surface area contributed by atoms with Crippen LogP contribution in [0.1, 0.15) is 0 Å². The molecule has 8 unspecified atom stereocenters. The van der Waals surface area contributed by atoms with Gasteiger partial charge in [-0.3, -0.25) is 0 Å². The molecule has 0 aliphatic carbocycles. The summed E-state index contributed by atoms with van der Waals surface area (Å²) in [5.41, 5.74) is 0. The van der Waals surface area contributed by atoms with Crippen LogP contribution >= 0.6 is 0 Å². The van der Waals surface area contributed by atoms with Crippen LogP contribution < -0.4 is 0 Å². The van der Waals surface area contributed by atoms with Crippen molar-refractivity contribution in [3.05, 3.63) is 0 Å². The zero-order valence-electron chi connectivity index (χ0n) is 13.0. The molecule has 14 nitrogen and oxygen atoms in total. The molecule has 1 aliphatic heterocycles. The number of aliphatic carboxylic acids is 2. The number of carbonyl (C=O) groups is 2. The van der Waals surface area contributed by atoms with E-state index < -0.39 is 73.7 Å². The molecule has 0 aromatic carbocycles. The van der Waals surface area contributed by atoms with Gasteiger partial charge in [0, 0.05) is 0 Å². The molecule has 0 radical (unpaired) electrons. The maximum Gasteiger partial charge on any atom is 0.335 e. The van der Waals surface area contributed by atoms with E-state index in [4.69, 9.17) is 56.2 Å². The predicted octanol–water partition coefficient (Wildman–Crippen LogP) is -6.62. The molecule has 9 atom stereocenters. The first-order valence-corrected chi connectivity index (χ1v) is 7.03. The molecule has 14 heteroatoms. The molecule has 26 heavy (non-hydrogen) atoms. The van der Waals surface area contributed by atoms with E-state index in [1.54, 1.807) is 0 Å². The number of aliphatic hydroxyl groups excluding tert-OH is 9. The van der Waals surface area contributed by atoms with Crippen LogP contribution in [0.3, 0.4) is 0 Å². The molecule has 1 fully saturated rings. The Kier molecular flexibility index (Phi) is 10.0. The molecule has 1 aliphatic rings. The monoisotopic (exact) mass is 390 g/mol. The minimum absolute atomic E-state index is 0.526. The number of aliphatic hydroxyl groups is 9. The lowest BCUT2D eigenvalue weighted by Crippen LogP contribution is -2.58. The summed E-state index contributed by atoms with van der Waals surface area (Å²) in [5, 5.41) is 96.1. The second kappa shape index (κ2) is 10.6. The highest BCUT2D eigenvalue weighted by atomic mass is 16.6. The van der Waals surface area contributed by atoms with Crippen LogP contribution in [-0.4, -0.2) is 130 Å². The van der Waals surface area contributed by atoms with Gasteiger partial charge in [-0.2, -0.15) is 0 Å². The number of ether oxygens (including phenoxy) is 1. The van der Waals surface area contributed by atoms with E-state index in [0.29, 0.717) is 0 Å². The lowest BCUT2D eigenvalue weighted by Gasteiger charge is -2.37. The van der Waals surface area contributed by atoms with Crippen LogP contribution in [0.2, 0.25) is 0 Å². The maximum absolute atomic E-state index is 10.1. The van der Waals surface area contributed by atoms with Gasteiger partial charge in [0.2, 0.25) is 0 Å². The summed E-state index contributed by atoms with van der Waals surface area (Å²) in [6, 6.07) is 0. The molecule has 11 N–H and O–H groups in total. The van der Waals surface area contributed by atoms with E-state index in [9.17, 15) is 9.59 Å². The summed E-state index contributed by atoms with van der Waals surface area (Å²) in [7, 11) is 0. The minimum Gasteiger partial charge on any atom is -0.479 e. The van der Waals surface area contributed by atoms with Crippen LogP contribution in [-0.2, 0) is 14.3 Å². The Morgan fingerprint density at radius 2 is 1.15 bits per heavy atom. The van der Waals surface area contributed by atoms with Crippen LogP contribution in [0.15, 0.2) is 0 Å². The fraction of sp³-hybridized carbons (Fsp3) is 0.833. The predicted molar refractivity (Wildman–Crippen MR) is 75.3 cm³/mol. The second-order valence-electron chi connectivity index (χ2n) is 5.27. The van der Waals surface area contributed by atoms with Crippen molar-refractivity contribution in [2.75, 3.05) is 6.61 Å². The highest BCUT2D eigenvalue weighted by Gasteiger charge is 2.42. The van der Waals surface area contributed by atoms with Crippen molar-refractivity contribution in [1.29, 1.82) is 0 Å². The first kappa shape index (κ1) is 24.5. The highest BCUT2D eigenvalue weighted by molar-refractivity contribution is 5.75. The Balaban J connectivity index is 0.000000485. The van der Waals surface area contributed by atoms with E-state index >= 15 is 0 Å². The van der Waals surface area contributed by atoms with Gasteiger partial charge in [0.25, 0.3) is 0 Å². The Morgan fingerprint density at radius 1 is 0.769 bits per heavy atom. The van der Waals surface area contributed by atoms with Crippen LogP contribution in [0, 0.1) is 0 Å². The molecule has 154 valence electrons. The van der Waals surface area contributed by atoms with E-state index in [1.165, 1.54) is 0 Å². The summed E-state index contributed by atoms with van der Waals surface area (Å²) >= 11 is 0. The lowest BCUT2D eigenvalue weighted by molar-refractivity contribution is -0.286. The summed E-state index contributed by atoms with van der Waals surface area (Å²) in [5.74, 6) is -3.68. The van der Waals surface area contributed by atoms with Crippen molar-refractivity contribution >= 4 is 11.9 Å². The number of hydrogen-bond donors (Lipinski definition) is 11. The molecule has 0 bridgehead atoms. The molecule has 0 amide bonds. The van der Waals surface area contributed by atoms with E-state index in [1.807, 2.05) is 0 Å². The van der Waals surface area contributed by atoms with Crippen LogP contribution in [0.25, 0.3) is 0 Å². The molecule has 1 heterocycles. The van der Waals surface area contributed by atoms with Crippen molar-refractivity contribution in [3.8, 4) is 0 Å². The van der Waals surface area contributed by atoms with Gasteiger partial charge in [0.05, 0.1) is 6.61 Å². The zero-order chi connectivity index (χ0) is 20.8. The average molecular weight is 390 g/mol. The standard InChI is InChI=1S/C6H10O8.C6H12O6/c7-1(3(9)5(11)12)2(8)4(10)6(13)14;7-1-2-3(8)4(9)5(10)6(11)12-2/h1-4,7-10H,(H,11,12)(H,13,14);2-11H,1H2/t;2?,3?,4?,5?,6-/m.0/s1. The van der Waals surface area contributed by atoms with Crippen LogP contribution in [0.4, 0.5) is 0 Å². The molecule has 1 rings (SSSR count). The Hall–Kier alpha value is -1.46. The SMILES string of the molecule is O=C(O)C(O)C(O)C(O)C(O)C(=O)O.OCC1O[C@H](O)C(O)C(O)C1O. The Labute approximate surface area is 145 Å². The van der Waals surface area contributed by atoms with E-state index in [0.717, 1.165) is 0 Å². The summed E-state index contributed by atoms with van der Waals surface area (Å²) in [4.78, 5) is 20.2. The van der Waals surface area contributed by atoms with E-state index in [-0.39, 0.29) is 0 Å². The lowest BCUT2D eigenvalue weighted by atomic mass is 10.00. The summed E-state index contributed by atoms with van der Waals surface area (Å²) in [6.07, 6.45) is -16.3. The van der Waals surface area contributed by atoms with Crippen LogP contribution in [0.5, 0.6) is 0 Å². The van der Waals surface area contributed by atoms with Gasteiger partial charge < -0.3 is 60.9 Å². The second-order valence-corrected chi connectivity index (χ2v) is 5.27. The fourth-order valence-electron chi connectivity index (χ4n) is 1.75. The quantitative estimate of drug-likeness (QED) is 0.201. The van der Waals surface area contributed by atoms with Gasteiger partial charge in [0.15, 0.2) is 18.5 Å². The first-order chi connectivity index (χ1) is 11.9. The van der Waals surface area contributed by atoms with E-state index in [2.05, 4.69) is 4.74 Å². The molecule has 0 aromatic heterocycles. The molecule has 0 spiro atoms. The molecule has 0 aromatic rings. The van der Waals surface area contributed by atoms with Crippen molar-refractivity contribution < 1.29 is 70.5 Å². The maximum atomic E-state index is 10.1. The zero-order valence-corrected chi connectivity index (χ0v) is 13.0. The molecule has 1 saturated heterocycles. The van der Waals surface area contributed by atoms with Crippen molar-refractivity contribution in [1.82, 2.24) is 0 Å². The number of carboxylic acid groups (broad SMARTS) is 2. The fourth-order valence-corrected chi connectivity index (χ4v) is 1.75. The first-order valence-electron chi connectivity index (χ1n) is 7.03. The smallest absolute Gasteiger partial charge is 0.335 e. The normalized spacial score (nSPS) is 33.2. The topological polar surface area (TPSA) is 266 Å². The molecular weight excluding hydrogens is 368 g/mol. The van der Waals surface area contributed by atoms with Crippen molar-refractivity contribution in [2.24, 2.45) is 0 Å². The van der Waals surface area contributed by atoms with Gasteiger partial charge in [0.1, 0.15) is 36.6 Å². The number of hydrogen-bond acceptors (Lipinski definition) is 12. The Bertz CT molecular complexity index is 428. The minimum atomic E-state index is -2.36. The van der Waals surface area contributed by atoms with Crippen molar-refractivity contribution in [3.63, 3.8) is 0 Å². The third kappa shape index (κ3) is 6.36. The largest absolute Gasteiger partial charge is 0.479 e. The Morgan fingerprint density at radius 3 is 1.46 bits per heavy atom. The molecule has 0 saturated carbocycles. The van der Waals surface area contributed by atoms with Gasteiger partial charge in [-0.15, -0.1) is 0 Å².